The number of nitrogen functional groups attached to an aromatic ring is 1. The molecular weight excluding hydrogens is 388 g/mol. The van der Waals surface area contributed by atoms with E-state index in [1.807, 2.05) is 49.9 Å². The van der Waals surface area contributed by atoms with Crippen LogP contribution in [-0.4, -0.2) is 26.6 Å². The van der Waals surface area contributed by atoms with Gasteiger partial charge in [-0.1, -0.05) is 6.07 Å². The van der Waals surface area contributed by atoms with Gasteiger partial charge in [0, 0.05) is 53.0 Å². The Morgan fingerprint density at radius 1 is 1.10 bits per heavy atom. The number of nitrogens with one attached hydrogen (secondary N) is 2. The topological polar surface area (TPSA) is 93.8 Å². The second-order valence-corrected chi connectivity index (χ2v) is 7.62. The number of aryl methyl sites for hydroxylation is 3. The smallest absolute Gasteiger partial charge is 0.229 e. The van der Waals surface area contributed by atoms with Crippen molar-refractivity contribution in [3.8, 4) is 5.75 Å². The summed E-state index contributed by atoms with van der Waals surface area (Å²) in [5.41, 5.74) is 11.6. The summed E-state index contributed by atoms with van der Waals surface area (Å²) in [6, 6.07) is 14.2. The van der Waals surface area contributed by atoms with E-state index in [1.54, 1.807) is 7.11 Å². The Bertz CT molecular complexity index is 1380. The van der Waals surface area contributed by atoms with Crippen LogP contribution in [0.15, 0.2) is 61.1 Å². The summed E-state index contributed by atoms with van der Waals surface area (Å²) in [4.78, 5) is 12.3. The molecule has 156 valence electrons. The van der Waals surface area contributed by atoms with Gasteiger partial charge in [-0.15, -0.1) is 0 Å². The molecule has 3 heterocycles. The molecule has 5 rings (SSSR count). The molecule has 0 saturated carbocycles. The SMILES string of the molecule is COc1ccc2[nH]cc(CCc3cnc(Nc4cccc5c4ccn5C)nc3N)c2c1. The minimum Gasteiger partial charge on any atom is -0.497 e. The number of benzene rings is 2. The van der Waals surface area contributed by atoms with Gasteiger partial charge < -0.3 is 25.3 Å². The van der Waals surface area contributed by atoms with Crippen molar-refractivity contribution < 1.29 is 4.74 Å². The molecule has 3 aromatic heterocycles. The number of aromatic amines is 1. The number of H-pyrrole nitrogens is 1. The number of rotatable bonds is 6. The molecule has 0 unspecified atom stereocenters. The van der Waals surface area contributed by atoms with Crippen LogP contribution in [0.3, 0.4) is 0 Å². The summed E-state index contributed by atoms with van der Waals surface area (Å²) in [6.45, 7) is 0. The zero-order valence-corrected chi connectivity index (χ0v) is 17.5. The van der Waals surface area contributed by atoms with Crippen molar-refractivity contribution in [1.29, 1.82) is 0 Å². The number of methoxy groups -OCH3 is 1. The summed E-state index contributed by atoms with van der Waals surface area (Å²) < 4.78 is 7.44. The van der Waals surface area contributed by atoms with Crippen molar-refractivity contribution in [2.45, 2.75) is 12.8 Å². The first-order valence-electron chi connectivity index (χ1n) is 10.2. The molecular formula is C24H24N6O. The minimum absolute atomic E-state index is 0.495. The second-order valence-electron chi connectivity index (χ2n) is 7.62. The fraction of sp³-hybridized carbons (Fsp3) is 0.167. The predicted molar refractivity (Wildman–Crippen MR) is 125 cm³/mol. The van der Waals surface area contributed by atoms with Crippen molar-refractivity contribution in [1.82, 2.24) is 19.5 Å². The molecule has 0 aliphatic rings. The summed E-state index contributed by atoms with van der Waals surface area (Å²) in [5.74, 6) is 1.84. The maximum absolute atomic E-state index is 6.27. The highest BCUT2D eigenvalue weighted by atomic mass is 16.5. The maximum Gasteiger partial charge on any atom is 0.229 e. The average molecular weight is 412 g/mol. The molecule has 0 amide bonds. The number of fused-ring (bicyclic) bond motifs is 2. The molecule has 0 saturated heterocycles. The molecule has 0 fully saturated rings. The lowest BCUT2D eigenvalue weighted by Gasteiger charge is -2.10. The first kappa shape index (κ1) is 19.0. The number of hydrogen-bond donors (Lipinski definition) is 3. The van der Waals surface area contributed by atoms with Gasteiger partial charge in [-0.25, -0.2) is 4.98 Å². The highest BCUT2D eigenvalue weighted by Gasteiger charge is 2.10. The lowest BCUT2D eigenvalue weighted by Crippen LogP contribution is -2.05. The van der Waals surface area contributed by atoms with E-state index in [-0.39, 0.29) is 0 Å². The predicted octanol–water partition coefficient (Wildman–Crippen LogP) is 4.57. The summed E-state index contributed by atoms with van der Waals surface area (Å²) in [7, 11) is 3.71. The van der Waals surface area contributed by atoms with Gasteiger partial charge in [0.05, 0.1) is 12.8 Å². The van der Waals surface area contributed by atoms with Gasteiger partial charge in [-0.3, -0.25) is 0 Å². The Kier molecular flexibility index (Phi) is 4.71. The van der Waals surface area contributed by atoms with E-state index in [9.17, 15) is 0 Å². The Balaban J connectivity index is 1.34. The number of ether oxygens (including phenoxy) is 1. The molecule has 0 aliphatic heterocycles. The largest absolute Gasteiger partial charge is 0.497 e. The van der Waals surface area contributed by atoms with Crippen LogP contribution in [0.5, 0.6) is 5.75 Å². The quantitative estimate of drug-likeness (QED) is 0.380. The number of nitrogens with two attached hydrogens (primary N) is 1. The highest BCUT2D eigenvalue weighted by molar-refractivity contribution is 5.93. The second kappa shape index (κ2) is 7.68. The van der Waals surface area contributed by atoms with Crippen LogP contribution in [0, 0.1) is 0 Å². The van der Waals surface area contributed by atoms with Gasteiger partial charge in [0.2, 0.25) is 5.95 Å². The summed E-state index contributed by atoms with van der Waals surface area (Å²) >= 11 is 0. The van der Waals surface area contributed by atoms with Crippen LogP contribution in [0.25, 0.3) is 21.8 Å². The molecule has 0 aliphatic carbocycles. The average Bonchev–Trinajstić information content (AvgIpc) is 3.37. The summed E-state index contributed by atoms with van der Waals surface area (Å²) in [5, 5.41) is 5.58. The van der Waals surface area contributed by atoms with Crippen LogP contribution in [0.4, 0.5) is 17.5 Å². The maximum atomic E-state index is 6.27. The van der Waals surface area contributed by atoms with Crippen LogP contribution in [0.1, 0.15) is 11.1 Å². The van der Waals surface area contributed by atoms with Gasteiger partial charge >= 0.3 is 0 Å². The Morgan fingerprint density at radius 2 is 1.97 bits per heavy atom. The van der Waals surface area contributed by atoms with Crippen LogP contribution in [-0.2, 0) is 19.9 Å². The molecule has 2 aromatic carbocycles. The van der Waals surface area contributed by atoms with E-state index in [1.165, 1.54) is 5.56 Å². The number of anilines is 3. The standard InChI is InChI=1S/C24H24N6O/c1-30-11-10-18-21(4-3-5-22(18)30)28-24-27-14-16(23(25)29-24)7-6-15-13-26-20-9-8-17(31-2)12-19(15)20/h3-5,8-14,26H,6-7H2,1-2H3,(H3,25,27,28,29). The van der Waals surface area contributed by atoms with Crippen molar-refractivity contribution in [2.75, 3.05) is 18.2 Å². The molecule has 0 bridgehead atoms. The lowest BCUT2D eigenvalue weighted by atomic mass is 10.0. The third-order valence-electron chi connectivity index (χ3n) is 5.71. The molecule has 31 heavy (non-hydrogen) atoms. The molecule has 7 heteroatoms. The lowest BCUT2D eigenvalue weighted by molar-refractivity contribution is 0.415. The Morgan fingerprint density at radius 3 is 2.81 bits per heavy atom. The summed E-state index contributed by atoms with van der Waals surface area (Å²) in [6.07, 6.45) is 7.47. The zero-order chi connectivity index (χ0) is 21.4. The van der Waals surface area contributed by atoms with Crippen molar-refractivity contribution >= 4 is 39.3 Å². The zero-order valence-electron chi connectivity index (χ0n) is 17.5. The van der Waals surface area contributed by atoms with Gasteiger partial charge in [0.1, 0.15) is 11.6 Å². The van der Waals surface area contributed by atoms with Crippen LogP contribution < -0.4 is 15.8 Å². The Hall–Kier alpha value is -4.00. The third-order valence-corrected chi connectivity index (χ3v) is 5.71. The fourth-order valence-electron chi connectivity index (χ4n) is 3.97. The highest BCUT2D eigenvalue weighted by Crippen LogP contribution is 2.27. The molecule has 7 nitrogen and oxygen atoms in total. The number of aromatic nitrogens is 4. The van der Waals surface area contributed by atoms with E-state index in [0.29, 0.717) is 11.8 Å². The molecule has 4 N–H and O–H groups in total. The Labute approximate surface area is 179 Å². The minimum atomic E-state index is 0.495. The normalized spacial score (nSPS) is 11.3. The number of hydrogen-bond acceptors (Lipinski definition) is 5. The molecule has 5 aromatic rings. The van der Waals surface area contributed by atoms with Crippen LogP contribution in [0.2, 0.25) is 0 Å². The van der Waals surface area contributed by atoms with Gasteiger partial charge in [-0.2, -0.15) is 4.98 Å². The first-order chi connectivity index (χ1) is 15.1. The van der Waals surface area contributed by atoms with E-state index in [4.69, 9.17) is 10.5 Å². The third kappa shape index (κ3) is 3.54. The first-order valence-corrected chi connectivity index (χ1v) is 10.2. The van der Waals surface area contributed by atoms with Crippen molar-refractivity contribution in [3.05, 3.63) is 72.2 Å². The molecule has 0 atom stereocenters. The van der Waals surface area contributed by atoms with E-state index in [0.717, 1.165) is 51.6 Å². The van der Waals surface area contributed by atoms with Crippen LogP contribution >= 0.6 is 0 Å². The van der Waals surface area contributed by atoms with E-state index >= 15 is 0 Å². The van der Waals surface area contributed by atoms with Gasteiger partial charge in [0.15, 0.2) is 0 Å². The fourth-order valence-corrected chi connectivity index (χ4v) is 3.97. The van der Waals surface area contributed by atoms with Crippen molar-refractivity contribution in [2.24, 2.45) is 7.05 Å². The number of nitrogens with zero attached hydrogens (tertiary/aromatic N) is 3. The van der Waals surface area contributed by atoms with Crippen molar-refractivity contribution in [3.63, 3.8) is 0 Å². The molecule has 0 spiro atoms. The monoisotopic (exact) mass is 412 g/mol. The van der Waals surface area contributed by atoms with E-state index < -0.39 is 0 Å². The molecule has 0 radical (unpaired) electrons. The van der Waals surface area contributed by atoms with Gasteiger partial charge in [0.25, 0.3) is 0 Å². The van der Waals surface area contributed by atoms with E-state index in [2.05, 4.69) is 43.0 Å². The van der Waals surface area contributed by atoms with Gasteiger partial charge in [-0.05, 0) is 54.8 Å².